The van der Waals surface area contributed by atoms with Crippen molar-refractivity contribution < 1.29 is 28.4 Å². The maximum atomic E-state index is 6.71. The molecule has 0 amide bonds. The van der Waals surface area contributed by atoms with E-state index in [0.717, 1.165) is 63.2 Å². The summed E-state index contributed by atoms with van der Waals surface area (Å²) in [6.07, 6.45) is 7.27. The fourth-order valence-electron chi connectivity index (χ4n) is 9.46. The summed E-state index contributed by atoms with van der Waals surface area (Å²) in [5.41, 5.74) is 2.29. The Hall–Kier alpha value is -2.12. The van der Waals surface area contributed by atoms with E-state index in [2.05, 4.69) is 62.4 Å². The van der Waals surface area contributed by atoms with Gasteiger partial charge in [0.1, 0.15) is 11.5 Å². The first-order valence-corrected chi connectivity index (χ1v) is 15.9. The lowest BCUT2D eigenvalue weighted by molar-refractivity contribution is -0.174. The van der Waals surface area contributed by atoms with Crippen LogP contribution in [0.1, 0.15) is 75.3 Å². The molecule has 220 valence electrons. The van der Waals surface area contributed by atoms with E-state index in [9.17, 15) is 0 Å². The van der Waals surface area contributed by atoms with Crippen LogP contribution in [-0.4, -0.2) is 64.1 Å². The van der Waals surface area contributed by atoms with Gasteiger partial charge in [-0.25, -0.2) is 0 Å². The van der Waals surface area contributed by atoms with E-state index < -0.39 is 0 Å². The maximum Gasteiger partial charge on any atom is 0.119 e. The van der Waals surface area contributed by atoms with Crippen LogP contribution >= 0.6 is 0 Å². The third-order valence-corrected chi connectivity index (χ3v) is 11.9. The molecule has 2 saturated heterocycles. The van der Waals surface area contributed by atoms with Crippen LogP contribution in [0.3, 0.4) is 0 Å². The maximum absolute atomic E-state index is 6.71. The van der Waals surface area contributed by atoms with Crippen molar-refractivity contribution in [2.24, 2.45) is 16.2 Å². The highest BCUT2D eigenvalue weighted by atomic mass is 16.6. The molecule has 6 nitrogen and oxygen atoms in total. The molecule has 2 aliphatic carbocycles. The Kier molecular flexibility index (Phi) is 6.45. The molecule has 4 fully saturated rings. The molecule has 2 aromatic carbocycles. The highest BCUT2D eigenvalue weighted by molar-refractivity contribution is 5.38. The van der Waals surface area contributed by atoms with Crippen LogP contribution in [0.2, 0.25) is 0 Å². The second-order valence-corrected chi connectivity index (χ2v) is 13.9. The van der Waals surface area contributed by atoms with Gasteiger partial charge in [-0.05, 0) is 66.5 Å². The van der Waals surface area contributed by atoms with Gasteiger partial charge in [0.25, 0.3) is 0 Å². The molecular weight excluding hydrogens is 516 g/mol. The molecule has 41 heavy (non-hydrogen) atoms. The van der Waals surface area contributed by atoms with Gasteiger partial charge >= 0.3 is 0 Å². The van der Waals surface area contributed by atoms with Crippen molar-refractivity contribution in [3.63, 3.8) is 0 Å². The van der Waals surface area contributed by atoms with Gasteiger partial charge in [0.15, 0.2) is 0 Å². The summed E-state index contributed by atoms with van der Waals surface area (Å²) < 4.78 is 38.4. The first-order valence-electron chi connectivity index (χ1n) is 15.9. The molecule has 10 rings (SSSR count). The molecule has 6 aliphatic heterocycles. The molecule has 2 saturated carbocycles. The van der Waals surface area contributed by atoms with Gasteiger partial charge in [0.2, 0.25) is 0 Å². The molecule has 4 bridgehead atoms. The third-order valence-electron chi connectivity index (χ3n) is 11.9. The molecule has 8 unspecified atom stereocenters. The van der Waals surface area contributed by atoms with Crippen LogP contribution < -0.4 is 9.47 Å². The second kappa shape index (κ2) is 9.97. The SMILES string of the molecule is CC(C)(C12CCC3OC3C1c1ccc(cc1)OCCCOC2)C12CCC3OC3C1c1ccc(cc1)OCCCOC2. The number of rotatable bonds is 2. The summed E-state index contributed by atoms with van der Waals surface area (Å²) in [5.74, 6) is 2.36. The molecule has 8 aliphatic rings. The van der Waals surface area contributed by atoms with Gasteiger partial charge < -0.3 is 28.4 Å². The summed E-state index contributed by atoms with van der Waals surface area (Å²) >= 11 is 0. The summed E-state index contributed by atoms with van der Waals surface area (Å²) in [6, 6.07) is 17.8. The van der Waals surface area contributed by atoms with Gasteiger partial charge in [-0.1, -0.05) is 38.1 Å². The average Bonchev–Trinajstić information content (AvgIpc) is 3.90. The molecule has 2 aromatic rings. The van der Waals surface area contributed by atoms with Crippen LogP contribution in [0.15, 0.2) is 48.5 Å². The molecule has 0 aromatic heterocycles. The monoisotopic (exact) mass is 560 g/mol. The van der Waals surface area contributed by atoms with E-state index in [1.165, 1.54) is 11.1 Å². The van der Waals surface area contributed by atoms with Crippen LogP contribution in [0.25, 0.3) is 0 Å². The zero-order chi connectivity index (χ0) is 27.7. The normalized spacial score (nSPS) is 40.0. The summed E-state index contributed by atoms with van der Waals surface area (Å²) in [4.78, 5) is 0. The second-order valence-electron chi connectivity index (χ2n) is 13.9. The highest BCUT2D eigenvalue weighted by Gasteiger charge is 2.72. The van der Waals surface area contributed by atoms with Crippen molar-refractivity contribution in [2.45, 2.75) is 88.6 Å². The van der Waals surface area contributed by atoms with Gasteiger partial charge in [0.05, 0.1) is 50.8 Å². The predicted molar refractivity (Wildman–Crippen MR) is 155 cm³/mol. The van der Waals surface area contributed by atoms with Gasteiger partial charge in [0, 0.05) is 48.7 Å². The Balaban J connectivity index is 1.30. The van der Waals surface area contributed by atoms with Crippen LogP contribution in [-0.2, 0) is 18.9 Å². The minimum atomic E-state index is -0.151. The lowest BCUT2D eigenvalue weighted by Crippen LogP contribution is -2.62. The molecule has 6 heterocycles. The van der Waals surface area contributed by atoms with E-state index in [1.807, 2.05) is 0 Å². The molecule has 0 radical (unpaired) electrons. The van der Waals surface area contributed by atoms with E-state index >= 15 is 0 Å². The predicted octanol–water partition coefficient (Wildman–Crippen LogP) is 6.27. The number of epoxide rings is 2. The highest BCUT2D eigenvalue weighted by Crippen LogP contribution is 2.72. The Morgan fingerprint density at radius 3 is 1.49 bits per heavy atom. The van der Waals surface area contributed by atoms with Crippen molar-refractivity contribution in [1.82, 2.24) is 0 Å². The van der Waals surface area contributed by atoms with Crippen molar-refractivity contribution in [3.05, 3.63) is 59.7 Å². The molecular formula is C35H44O6. The first kappa shape index (κ1) is 26.5. The Bertz CT molecular complexity index is 1150. The lowest BCUT2D eigenvalue weighted by Gasteiger charge is -2.64. The van der Waals surface area contributed by atoms with Crippen LogP contribution in [0, 0.1) is 16.2 Å². The van der Waals surface area contributed by atoms with Crippen molar-refractivity contribution in [3.8, 4) is 11.5 Å². The quantitative estimate of drug-likeness (QED) is 0.403. The largest absolute Gasteiger partial charge is 0.494 e. The summed E-state index contributed by atoms with van der Waals surface area (Å²) in [5, 5.41) is 0. The fraction of sp³-hybridized carbons (Fsp3) is 0.657. The van der Waals surface area contributed by atoms with E-state index in [4.69, 9.17) is 28.4 Å². The Labute approximate surface area is 244 Å². The van der Waals surface area contributed by atoms with Crippen LogP contribution in [0.4, 0.5) is 0 Å². The van der Waals surface area contributed by atoms with Crippen molar-refractivity contribution in [1.29, 1.82) is 0 Å². The summed E-state index contributed by atoms with van der Waals surface area (Å²) in [7, 11) is 0. The zero-order valence-corrected chi connectivity index (χ0v) is 24.5. The van der Waals surface area contributed by atoms with Crippen molar-refractivity contribution in [2.75, 3.05) is 39.6 Å². The van der Waals surface area contributed by atoms with E-state index in [1.54, 1.807) is 0 Å². The van der Waals surface area contributed by atoms with Gasteiger partial charge in [-0.3, -0.25) is 0 Å². The van der Waals surface area contributed by atoms with Crippen LogP contribution in [0.5, 0.6) is 11.5 Å². The topological polar surface area (TPSA) is 62.0 Å². The Morgan fingerprint density at radius 2 is 1.05 bits per heavy atom. The average molecular weight is 561 g/mol. The van der Waals surface area contributed by atoms with E-state index in [0.29, 0.717) is 38.6 Å². The van der Waals surface area contributed by atoms with Crippen molar-refractivity contribution >= 4 is 0 Å². The van der Waals surface area contributed by atoms with Gasteiger partial charge in [-0.15, -0.1) is 0 Å². The number of hydrogen-bond acceptors (Lipinski definition) is 6. The zero-order valence-electron chi connectivity index (χ0n) is 24.5. The molecule has 0 spiro atoms. The van der Waals surface area contributed by atoms with E-state index in [-0.39, 0.29) is 40.3 Å². The summed E-state index contributed by atoms with van der Waals surface area (Å²) in [6.45, 7) is 9.30. The molecule has 0 N–H and O–H groups in total. The number of fused-ring (bicyclic) bond motifs is 16. The number of ether oxygens (including phenoxy) is 6. The fourth-order valence-corrected chi connectivity index (χ4v) is 9.46. The standard InChI is InChI=1S/C35H44O6/c1-33(2,34-15-13-27-31(40-27)29(34)23-5-9-25(10-6-23)38-19-3-17-36-21-34)35-16-14-28-32(41-28)30(35)24-7-11-26(12-8-24)39-20-4-18-37-22-35/h5-12,27-32H,3-4,13-22H2,1-2H3. The number of hydrogen-bond donors (Lipinski definition) is 0. The molecule has 6 heteroatoms. The lowest BCUT2D eigenvalue weighted by atomic mass is 9.40. The minimum Gasteiger partial charge on any atom is -0.494 e. The molecule has 8 atom stereocenters. The Morgan fingerprint density at radius 1 is 0.610 bits per heavy atom. The third kappa shape index (κ3) is 4.19. The first-order chi connectivity index (χ1) is 20.0. The number of benzene rings is 2. The smallest absolute Gasteiger partial charge is 0.119 e. The minimum absolute atomic E-state index is 0.129. The van der Waals surface area contributed by atoms with Gasteiger partial charge in [-0.2, -0.15) is 0 Å².